The van der Waals surface area contributed by atoms with Gasteiger partial charge in [-0.3, -0.25) is 4.79 Å². The number of urea groups is 1. The maximum absolute atomic E-state index is 12.6. The third-order valence-electron chi connectivity index (χ3n) is 5.67. The van der Waals surface area contributed by atoms with E-state index in [0.29, 0.717) is 21.3 Å². The molecule has 1 aliphatic rings. The summed E-state index contributed by atoms with van der Waals surface area (Å²) in [6.45, 7) is 2.51. The number of benzene rings is 2. The molecule has 0 saturated carbocycles. The molecule has 3 amide bonds. The van der Waals surface area contributed by atoms with Gasteiger partial charge in [0.15, 0.2) is 36.2 Å². The van der Waals surface area contributed by atoms with E-state index in [2.05, 4.69) is 37.1 Å². The van der Waals surface area contributed by atoms with Crippen molar-refractivity contribution in [2.24, 2.45) is 5.10 Å². The molecule has 0 bridgehead atoms. The zero-order valence-electron chi connectivity index (χ0n) is 23.1. The molecule has 15 heteroatoms. The first-order valence-electron chi connectivity index (χ1n) is 12.4. The highest BCUT2D eigenvalue weighted by Gasteiger charge is 2.32. The van der Waals surface area contributed by atoms with Gasteiger partial charge in [0, 0.05) is 15.7 Å². The number of carbonyl (C=O) groups excluding carboxylic acids is 3. The molecule has 2 aromatic rings. The molecule has 1 heterocycles. The lowest BCUT2D eigenvalue weighted by Gasteiger charge is -2.28. The van der Waals surface area contributed by atoms with E-state index >= 15 is 0 Å². The molecule has 224 valence electrons. The predicted octanol–water partition coefficient (Wildman–Crippen LogP) is 2.65. The summed E-state index contributed by atoms with van der Waals surface area (Å²) in [7, 11) is 2.81. The van der Waals surface area contributed by atoms with Crippen molar-refractivity contribution in [3.05, 3.63) is 57.2 Å². The molecule has 1 aliphatic heterocycles. The van der Waals surface area contributed by atoms with Crippen LogP contribution in [0.2, 0.25) is 0 Å². The number of methoxy groups -OCH3 is 2. The van der Waals surface area contributed by atoms with Crippen LogP contribution in [0.15, 0.2) is 51.2 Å². The zero-order chi connectivity index (χ0) is 30.8. The van der Waals surface area contributed by atoms with Gasteiger partial charge in [0.2, 0.25) is 0 Å². The van der Waals surface area contributed by atoms with E-state index in [1.807, 2.05) is 0 Å². The summed E-state index contributed by atoms with van der Waals surface area (Å²) in [5, 5.41) is 18.0. The minimum absolute atomic E-state index is 0.166. The molecule has 42 heavy (non-hydrogen) atoms. The van der Waals surface area contributed by atoms with Crippen molar-refractivity contribution in [2.75, 3.05) is 34.0 Å². The first-order chi connectivity index (χ1) is 20.1. The van der Waals surface area contributed by atoms with Gasteiger partial charge in [-0.2, -0.15) is 5.10 Å². The average Bonchev–Trinajstić information content (AvgIpc) is 2.95. The monoisotopic (exact) mass is 648 g/mol. The first kappa shape index (κ1) is 31.7. The van der Waals surface area contributed by atoms with Gasteiger partial charge in [0.25, 0.3) is 5.91 Å². The Hall–Kier alpha value is -4.79. The number of hydrogen-bond acceptors (Lipinski definition) is 10. The van der Waals surface area contributed by atoms with Crippen LogP contribution in [-0.4, -0.2) is 69.2 Å². The maximum Gasteiger partial charge on any atom is 0.341 e. The van der Waals surface area contributed by atoms with E-state index in [4.69, 9.17) is 28.8 Å². The highest BCUT2D eigenvalue weighted by molar-refractivity contribution is 9.10. The number of aliphatic carboxylic acids is 1. The molecule has 0 fully saturated rings. The van der Waals surface area contributed by atoms with Crippen LogP contribution in [0.3, 0.4) is 0 Å². The van der Waals surface area contributed by atoms with Gasteiger partial charge in [-0.25, -0.2) is 19.8 Å². The highest BCUT2D eigenvalue weighted by atomic mass is 79.9. The van der Waals surface area contributed by atoms with Crippen molar-refractivity contribution in [1.82, 2.24) is 16.1 Å². The van der Waals surface area contributed by atoms with Crippen molar-refractivity contribution in [1.29, 1.82) is 0 Å². The lowest BCUT2D eigenvalue weighted by molar-refractivity contribution is -0.140. The smallest absolute Gasteiger partial charge is 0.341 e. The Balaban J connectivity index is 1.67. The van der Waals surface area contributed by atoms with E-state index in [1.165, 1.54) is 26.5 Å². The molecule has 0 spiro atoms. The summed E-state index contributed by atoms with van der Waals surface area (Å²) in [6, 6.07) is 6.56. The molecule has 0 aromatic heterocycles. The van der Waals surface area contributed by atoms with Gasteiger partial charge in [0.05, 0.1) is 38.7 Å². The molecular formula is C27H29BrN4O10. The summed E-state index contributed by atoms with van der Waals surface area (Å²) in [6.07, 6.45) is 1.35. The second-order valence-corrected chi connectivity index (χ2v) is 9.34. The molecule has 0 saturated heterocycles. The van der Waals surface area contributed by atoms with Crippen molar-refractivity contribution in [2.45, 2.75) is 19.9 Å². The molecular weight excluding hydrogens is 620 g/mol. The SMILES string of the molecule is CCOC(=O)C1=C(C)NC(=O)N[C@H]1c1ccc(OCC(=O)N/N=C\c2cc(OC)c(OCC(=O)O)cc2Br)c(OC)c1. The molecule has 0 unspecified atom stereocenters. The second-order valence-electron chi connectivity index (χ2n) is 8.49. The standard InChI is InChI=1S/C27H29BrN4O10/c1-5-40-26(36)24-14(2)30-27(37)31-25(24)15-6-7-18(19(8-15)38-3)41-12-22(33)32-29-11-16-9-20(39-4)21(10-17(16)28)42-13-23(34)35/h6-11,25H,5,12-13H2,1-4H3,(H,32,33)(H,34,35)(H2,30,31,37)/b29-11-/t25-/m0/s1. The fraction of sp³-hybridized carbons (Fsp3) is 0.296. The summed E-state index contributed by atoms with van der Waals surface area (Å²) >= 11 is 3.34. The summed E-state index contributed by atoms with van der Waals surface area (Å²) in [5.74, 6) is -1.29. The normalized spacial score (nSPS) is 14.5. The van der Waals surface area contributed by atoms with Gasteiger partial charge < -0.3 is 39.4 Å². The van der Waals surface area contributed by atoms with E-state index in [0.717, 1.165) is 0 Å². The Kier molecular flexibility index (Phi) is 11.1. The van der Waals surface area contributed by atoms with Crippen LogP contribution < -0.4 is 35.0 Å². The van der Waals surface area contributed by atoms with Crippen LogP contribution >= 0.6 is 15.9 Å². The van der Waals surface area contributed by atoms with Crippen LogP contribution in [-0.2, 0) is 19.1 Å². The van der Waals surface area contributed by atoms with Crippen molar-refractivity contribution >= 4 is 46.0 Å². The number of ether oxygens (including phenoxy) is 5. The van der Waals surface area contributed by atoms with Crippen molar-refractivity contribution in [3.8, 4) is 23.0 Å². The van der Waals surface area contributed by atoms with Gasteiger partial charge in [-0.05, 0) is 59.6 Å². The number of esters is 1. The fourth-order valence-corrected chi connectivity index (χ4v) is 4.24. The van der Waals surface area contributed by atoms with E-state index in [1.54, 1.807) is 38.1 Å². The Bertz CT molecular complexity index is 1430. The number of amides is 3. The third kappa shape index (κ3) is 8.13. The van der Waals surface area contributed by atoms with E-state index in [-0.39, 0.29) is 35.2 Å². The van der Waals surface area contributed by atoms with E-state index < -0.39 is 43.1 Å². The third-order valence-corrected chi connectivity index (χ3v) is 6.36. The number of carbonyl (C=O) groups is 4. The molecule has 14 nitrogen and oxygen atoms in total. The predicted molar refractivity (Wildman–Crippen MR) is 152 cm³/mol. The number of halogens is 1. The Morgan fingerprint density at radius 2 is 1.74 bits per heavy atom. The Morgan fingerprint density at radius 3 is 2.40 bits per heavy atom. The van der Waals surface area contributed by atoms with Crippen LogP contribution in [0.5, 0.6) is 23.0 Å². The van der Waals surface area contributed by atoms with Gasteiger partial charge in [0.1, 0.15) is 0 Å². The Labute approximate surface area is 249 Å². The van der Waals surface area contributed by atoms with Gasteiger partial charge >= 0.3 is 18.0 Å². The number of carboxylic acid groups (broad SMARTS) is 1. The molecule has 0 radical (unpaired) electrons. The largest absolute Gasteiger partial charge is 0.493 e. The lowest BCUT2D eigenvalue weighted by atomic mass is 9.95. The molecule has 4 N–H and O–H groups in total. The van der Waals surface area contributed by atoms with Gasteiger partial charge in [-0.1, -0.05) is 6.07 Å². The number of rotatable bonds is 13. The minimum atomic E-state index is -1.14. The van der Waals surface area contributed by atoms with Crippen LogP contribution in [0, 0.1) is 0 Å². The van der Waals surface area contributed by atoms with Crippen LogP contribution in [0.25, 0.3) is 0 Å². The van der Waals surface area contributed by atoms with Crippen molar-refractivity contribution in [3.63, 3.8) is 0 Å². The topological polar surface area (TPSA) is 183 Å². The summed E-state index contributed by atoms with van der Waals surface area (Å²) < 4.78 is 27.1. The molecule has 3 rings (SSSR count). The first-order valence-corrected chi connectivity index (χ1v) is 13.2. The highest BCUT2D eigenvalue weighted by Crippen LogP contribution is 2.35. The number of hydrogen-bond donors (Lipinski definition) is 4. The number of nitrogens with zero attached hydrogens (tertiary/aromatic N) is 1. The zero-order valence-corrected chi connectivity index (χ0v) is 24.7. The second kappa shape index (κ2) is 14.7. The number of nitrogens with one attached hydrogen (secondary N) is 3. The van der Waals surface area contributed by atoms with Crippen LogP contribution in [0.1, 0.15) is 31.0 Å². The Morgan fingerprint density at radius 1 is 1.05 bits per heavy atom. The number of carboxylic acids is 1. The van der Waals surface area contributed by atoms with Crippen molar-refractivity contribution < 1.29 is 48.0 Å². The lowest BCUT2D eigenvalue weighted by Crippen LogP contribution is -2.45. The fourth-order valence-electron chi connectivity index (χ4n) is 3.82. The number of hydrazone groups is 1. The molecule has 1 atom stereocenters. The molecule has 2 aromatic carbocycles. The number of allylic oxidation sites excluding steroid dienone is 1. The average molecular weight is 649 g/mol. The van der Waals surface area contributed by atoms with Crippen LogP contribution in [0.4, 0.5) is 4.79 Å². The molecule has 0 aliphatic carbocycles. The van der Waals surface area contributed by atoms with E-state index in [9.17, 15) is 19.2 Å². The quantitative estimate of drug-likeness (QED) is 0.143. The summed E-state index contributed by atoms with van der Waals surface area (Å²) in [4.78, 5) is 47.8. The van der Waals surface area contributed by atoms with Gasteiger partial charge in [-0.15, -0.1) is 0 Å². The maximum atomic E-state index is 12.6. The summed E-state index contributed by atoms with van der Waals surface area (Å²) in [5.41, 5.74) is 4.01. The minimum Gasteiger partial charge on any atom is -0.493 e.